The van der Waals surface area contributed by atoms with Gasteiger partial charge in [0.15, 0.2) is 0 Å². The van der Waals surface area contributed by atoms with E-state index in [-0.39, 0.29) is 28.1 Å². The Bertz CT molecular complexity index is 765. The zero-order valence-electron chi connectivity index (χ0n) is 14.8. The third kappa shape index (κ3) is 5.37. The van der Waals surface area contributed by atoms with Crippen molar-refractivity contribution in [2.24, 2.45) is 0 Å². The lowest BCUT2D eigenvalue weighted by molar-refractivity contribution is -0.384. The van der Waals surface area contributed by atoms with E-state index in [0.29, 0.717) is 12.1 Å². The molecular weight excluding hydrogens is 338 g/mol. The highest BCUT2D eigenvalue weighted by Gasteiger charge is 2.19. The SMILES string of the molecule is CC(NCc1ccc(-c2ccccc2[N+](=O)[O-])s1)C(=O)NC(C)(C)C. The molecule has 0 aliphatic rings. The Morgan fingerprint density at radius 1 is 1.24 bits per heavy atom. The summed E-state index contributed by atoms with van der Waals surface area (Å²) in [6.07, 6.45) is 0. The highest BCUT2D eigenvalue weighted by Crippen LogP contribution is 2.34. The molecule has 134 valence electrons. The molecule has 0 aliphatic heterocycles. The Morgan fingerprint density at radius 3 is 2.56 bits per heavy atom. The largest absolute Gasteiger partial charge is 0.350 e. The number of benzene rings is 1. The quantitative estimate of drug-likeness (QED) is 0.607. The zero-order valence-corrected chi connectivity index (χ0v) is 15.6. The normalized spacial score (nSPS) is 12.6. The fourth-order valence-corrected chi connectivity index (χ4v) is 3.28. The number of hydrogen-bond donors (Lipinski definition) is 2. The molecule has 0 bridgehead atoms. The summed E-state index contributed by atoms with van der Waals surface area (Å²) < 4.78 is 0. The molecule has 6 nitrogen and oxygen atoms in total. The molecule has 7 heteroatoms. The lowest BCUT2D eigenvalue weighted by atomic mass is 10.1. The molecule has 1 atom stereocenters. The minimum Gasteiger partial charge on any atom is -0.350 e. The molecule has 0 spiro atoms. The molecular formula is C18H23N3O3S. The third-order valence-corrected chi connectivity index (χ3v) is 4.62. The van der Waals surface area contributed by atoms with Gasteiger partial charge in [0.2, 0.25) is 5.91 Å². The predicted octanol–water partition coefficient (Wildman–Crippen LogP) is 3.72. The second kappa shape index (κ2) is 7.76. The fourth-order valence-electron chi connectivity index (χ4n) is 2.28. The molecule has 0 radical (unpaired) electrons. The van der Waals surface area contributed by atoms with Gasteiger partial charge in [-0.15, -0.1) is 11.3 Å². The average molecular weight is 361 g/mol. The van der Waals surface area contributed by atoms with Crippen LogP contribution in [0.25, 0.3) is 10.4 Å². The number of nitro benzene ring substituents is 1. The number of nitrogens with one attached hydrogen (secondary N) is 2. The van der Waals surface area contributed by atoms with Gasteiger partial charge >= 0.3 is 0 Å². The van der Waals surface area contributed by atoms with Crippen LogP contribution in [0.3, 0.4) is 0 Å². The molecule has 1 amide bonds. The molecule has 1 aromatic heterocycles. The lowest BCUT2D eigenvalue weighted by Gasteiger charge is -2.23. The Hall–Kier alpha value is -2.25. The first-order valence-electron chi connectivity index (χ1n) is 8.05. The third-order valence-electron chi connectivity index (χ3n) is 3.50. The molecule has 1 heterocycles. The van der Waals surface area contributed by atoms with Crippen LogP contribution in [0.1, 0.15) is 32.6 Å². The number of thiophene rings is 1. The standard InChI is InChI=1S/C18H23N3O3S/c1-12(17(22)20-18(2,3)4)19-11-13-9-10-16(25-13)14-7-5-6-8-15(14)21(23)24/h5-10,12,19H,11H2,1-4H3,(H,20,22). The number of amides is 1. The first-order valence-corrected chi connectivity index (χ1v) is 8.87. The van der Waals surface area contributed by atoms with Gasteiger partial charge in [0.05, 0.1) is 16.5 Å². The van der Waals surface area contributed by atoms with Crippen molar-refractivity contribution in [3.63, 3.8) is 0 Å². The Kier molecular flexibility index (Phi) is 5.92. The monoisotopic (exact) mass is 361 g/mol. The fraction of sp³-hybridized carbons (Fsp3) is 0.389. The van der Waals surface area contributed by atoms with Gasteiger partial charge in [-0.05, 0) is 45.9 Å². The molecule has 25 heavy (non-hydrogen) atoms. The van der Waals surface area contributed by atoms with Gasteiger partial charge in [-0.3, -0.25) is 14.9 Å². The molecule has 0 saturated heterocycles. The van der Waals surface area contributed by atoms with Crippen molar-refractivity contribution in [3.05, 3.63) is 51.4 Å². The highest BCUT2D eigenvalue weighted by molar-refractivity contribution is 7.15. The van der Waals surface area contributed by atoms with Crippen molar-refractivity contribution in [2.75, 3.05) is 0 Å². The number of carbonyl (C=O) groups is 1. The zero-order chi connectivity index (χ0) is 18.6. The number of hydrogen-bond acceptors (Lipinski definition) is 5. The van der Waals surface area contributed by atoms with Crippen LogP contribution in [-0.4, -0.2) is 22.4 Å². The Morgan fingerprint density at radius 2 is 1.92 bits per heavy atom. The topological polar surface area (TPSA) is 84.3 Å². The van der Waals surface area contributed by atoms with Crippen molar-refractivity contribution in [2.45, 2.75) is 45.8 Å². The van der Waals surface area contributed by atoms with Crippen LogP contribution in [0.5, 0.6) is 0 Å². The summed E-state index contributed by atoms with van der Waals surface area (Å²) in [5.74, 6) is -0.0528. The van der Waals surface area contributed by atoms with Crippen LogP contribution in [0.15, 0.2) is 36.4 Å². The molecule has 0 fully saturated rings. The maximum atomic E-state index is 12.1. The number of nitro groups is 1. The van der Waals surface area contributed by atoms with Gasteiger partial charge in [0, 0.05) is 27.9 Å². The van der Waals surface area contributed by atoms with Crippen molar-refractivity contribution < 1.29 is 9.72 Å². The second-order valence-corrected chi connectivity index (χ2v) is 8.05. The summed E-state index contributed by atoms with van der Waals surface area (Å²) in [6.45, 7) is 8.17. The van der Waals surface area contributed by atoms with E-state index >= 15 is 0 Å². The predicted molar refractivity (Wildman–Crippen MR) is 101 cm³/mol. The molecule has 1 aromatic carbocycles. The highest BCUT2D eigenvalue weighted by atomic mass is 32.1. The van der Waals surface area contributed by atoms with E-state index in [1.54, 1.807) is 18.2 Å². The number of carbonyl (C=O) groups excluding carboxylic acids is 1. The van der Waals surface area contributed by atoms with Gasteiger partial charge in [-0.2, -0.15) is 0 Å². The van der Waals surface area contributed by atoms with Crippen molar-refractivity contribution >= 4 is 22.9 Å². The van der Waals surface area contributed by atoms with E-state index in [0.717, 1.165) is 9.75 Å². The molecule has 1 unspecified atom stereocenters. The van der Waals surface area contributed by atoms with Gasteiger partial charge in [-0.25, -0.2) is 0 Å². The lowest BCUT2D eigenvalue weighted by Crippen LogP contribution is -2.49. The summed E-state index contributed by atoms with van der Waals surface area (Å²) in [7, 11) is 0. The first kappa shape index (κ1) is 19.1. The number of para-hydroxylation sites is 1. The summed E-state index contributed by atoms with van der Waals surface area (Å²) in [6, 6.07) is 10.2. The Balaban J connectivity index is 2.03. The minimum atomic E-state index is -0.369. The van der Waals surface area contributed by atoms with Crippen LogP contribution in [0, 0.1) is 10.1 Å². The molecule has 0 aliphatic carbocycles. The van der Waals surface area contributed by atoms with Crippen LogP contribution in [-0.2, 0) is 11.3 Å². The van der Waals surface area contributed by atoms with Gasteiger partial charge in [0.1, 0.15) is 0 Å². The summed E-state index contributed by atoms with van der Waals surface area (Å²) >= 11 is 1.49. The first-order chi connectivity index (χ1) is 11.7. The van der Waals surface area contributed by atoms with E-state index in [9.17, 15) is 14.9 Å². The van der Waals surface area contributed by atoms with Gasteiger partial charge in [0.25, 0.3) is 5.69 Å². The Labute approximate surface area is 151 Å². The number of rotatable bonds is 6. The van der Waals surface area contributed by atoms with Crippen LogP contribution < -0.4 is 10.6 Å². The maximum Gasteiger partial charge on any atom is 0.278 e. The van der Waals surface area contributed by atoms with Gasteiger partial charge in [-0.1, -0.05) is 12.1 Å². The van der Waals surface area contributed by atoms with Crippen LogP contribution in [0.2, 0.25) is 0 Å². The molecule has 2 rings (SSSR count). The second-order valence-electron chi connectivity index (χ2n) is 6.88. The molecule has 0 saturated carbocycles. The summed E-state index contributed by atoms with van der Waals surface area (Å²) in [5.41, 5.74) is 0.444. The maximum absolute atomic E-state index is 12.1. The average Bonchev–Trinajstić information content (AvgIpc) is 2.99. The van der Waals surface area contributed by atoms with E-state index in [1.165, 1.54) is 17.4 Å². The van der Waals surface area contributed by atoms with E-state index in [2.05, 4.69) is 10.6 Å². The van der Waals surface area contributed by atoms with E-state index < -0.39 is 0 Å². The van der Waals surface area contributed by atoms with Gasteiger partial charge < -0.3 is 10.6 Å². The van der Waals surface area contributed by atoms with Crippen LogP contribution >= 0.6 is 11.3 Å². The number of nitrogens with zero attached hydrogens (tertiary/aromatic N) is 1. The summed E-state index contributed by atoms with van der Waals surface area (Å²) in [5, 5.41) is 17.3. The minimum absolute atomic E-state index is 0.0528. The van der Waals surface area contributed by atoms with Crippen molar-refractivity contribution in [1.29, 1.82) is 0 Å². The molecule has 2 aromatic rings. The van der Waals surface area contributed by atoms with Crippen molar-refractivity contribution in [1.82, 2.24) is 10.6 Å². The van der Waals surface area contributed by atoms with Crippen molar-refractivity contribution in [3.8, 4) is 10.4 Å². The van der Waals surface area contributed by atoms with E-state index in [1.807, 2.05) is 39.8 Å². The van der Waals surface area contributed by atoms with E-state index in [4.69, 9.17) is 0 Å². The molecule has 2 N–H and O–H groups in total. The smallest absolute Gasteiger partial charge is 0.278 e. The summed E-state index contributed by atoms with van der Waals surface area (Å²) in [4.78, 5) is 24.7. The van der Waals surface area contributed by atoms with Crippen LogP contribution in [0.4, 0.5) is 5.69 Å².